The number of anilines is 1. The number of ether oxygens (including phenoxy) is 1. The Morgan fingerprint density at radius 2 is 2.16 bits per heavy atom. The summed E-state index contributed by atoms with van der Waals surface area (Å²) >= 11 is 1.96. The molecule has 5 nitrogen and oxygen atoms in total. The molecule has 2 heterocycles. The summed E-state index contributed by atoms with van der Waals surface area (Å²) in [7, 11) is 0. The molecule has 1 saturated heterocycles. The third kappa shape index (κ3) is 2.88. The summed E-state index contributed by atoms with van der Waals surface area (Å²) in [5, 5.41) is 4.54. The summed E-state index contributed by atoms with van der Waals surface area (Å²) in [4.78, 5) is 12.0. The lowest BCUT2D eigenvalue weighted by atomic mass is 10.1. The molecule has 1 aliphatic heterocycles. The minimum atomic E-state index is -0.353. The van der Waals surface area contributed by atoms with Gasteiger partial charge in [0.15, 0.2) is 0 Å². The highest BCUT2D eigenvalue weighted by Gasteiger charge is 2.26. The number of hydrogen-bond donors (Lipinski definition) is 1. The quantitative estimate of drug-likeness (QED) is 0.858. The highest BCUT2D eigenvalue weighted by molar-refractivity contribution is 7.99. The smallest absolute Gasteiger partial charge is 0.343 e. The molecule has 0 atom stereocenters. The summed E-state index contributed by atoms with van der Waals surface area (Å²) in [6.45, 7) is 4.13. The van der Waals surface area contributed by atoms with E-state index in [0.29, 0.717) is 30.5 Å². The summed E-state index contributed by atoms with van der Waals surface area (Å²) in [5.74, 6) is 2.36. The SMILES string of the molecule is CCOC(=O)c1c(CC)nn(C2CCSCC2)c1N. The maximum Gasteiger partial charge on any atom is 0.343 e. The molecule has 0 amide bonds. The zero-order valence-electron chi connectivity index (χ0n) is 11.5. The largest absolute Gasteiger partial charge is 0.462 e. The van der Waals surface area contributed by atoms with Gasteiger partial charge in [0.05, 0.1) is 18.3 Å². The maximum absolute atomic E-state index is 12.0. The van der Waals surface area contributed by atoms with E-state index >= 15 is 0 Å². The van der Waals surface area contributed by atoms with Crippen LogP contribution in [-0.4, -0.2) is 33.9 Å². The molecule has 1 fully saturated rings. The molecule has 19 heavy (non-hydrogen) atoms. The second-order valence-corrected chi connectivity index (χ2v) is 5.79. The number of nitrogen functional groups attached to an aromatic ring is 1. The molecule has 0 aliphatic carbocycles. The van der Waals surface area contributed by atoms with Crippen LogP contribution in [0.3, 0.4) is 0 Å². The predicted octanol–water partition coefficient (Wildman–Crippen LogP) is 2.27. The van der Waals surface area contributed by atoms with Gasteiger partial charge in [-0.3, -0.25) is 0 Å². The third-order valence-corrected chi connectivity index (χ3v) is 4.42. The number of carbonyl (C=O) groups is 1. The van der Waals surface area contributed by atoms with Crippen LogP contribution < -0.4 is 5.73 Å². The highest BCUT2D eigenvalue weighted by Crippen LogP contribution is 2.31. The second-order valence-electron chi connectivity index (χ2n) is 4.57. The standard InChI is InChI=1S/C13H21N3O2S/c1-3-10-11(13(17)18-4-2)12(14)16(15-10)9-5-7-19-8-6-9/h9H,3-8,14H2,1-2H3. The normalized spacial score (nSPS) is 16.5. The van der Waals surface area contributed by atoms with Crippen molar-refractivity contribution in [2.24, 2.45) is 0 Å². The van der Waals surface area contributed by atoms with Crippen LogP contribution in [0.2, 0.25) is 0 Å². The maximum atomic E-state index is 12.0. The molecule has 0 spiro atoms. The van der Waals surface area contributed by atoms with Crippen LogP contribution in [0.1, 0.15) is 48.8 Å². The number of carbonyl (C=O) groups excluding carboxylic acids is 1. The van der Waals surface area contributed by atoms with Crippen molar-refractivity contribution < 1.29 is 9.53 Å². The zero-order valence-corrected chi connectivity index (χ0v) is 12.3. The van der Waals surface area contributed by atoms with Gasteiger partial charge in [-0.05, 0) is 37.7 Å². The van der Waals surface area contributed by atoms with Gasteiger partial charge >= 0.3 is 5.97 Å². The van der Waals surface area contributed by atoms with Gasteiger partial charge < -0.3 is 10.5 Å². The lowest BCUT2D eigenvalue weighted by Crippen LogP contribution is -2.19. The Balaban J connectivity index is 2.32. The Hall–Kier alpha value is -1.17. The molecule has 0 aromatic carbocycles. The van der Waals surface area contributed by atoms with Gasteiger partial charge in [0.1, 0.15) is 11.4 Å². The molecule has 0 unspecified atom stereocenters. The minimum Gasteiger partial charge on any atom is -0.462 e. The van der Waals surface area contributed by atoms with E-state index in [4.69, 9.17) is 10.5 Å². The fourth-order valence-corrected chi connectivity index (χ4v) is 3.46. The summed E-state index contributed by atoms with van der Waals surface area (Å²) < 4.78 is 6.91. The van der Waals surface area contributed by atoms with E-state index in [0.717, 1.165) is 30.0 Å². The van der Waals surface area contributed by atoms with Gasteiger partial charge in [-0.25, -0.2) is 9.48 Å². The van der Waals surface area contributed by atoms with Crippen molar-refractivity contribution in [2.45, 2.75) is 39.2 Å². The van der Waals surface area contributed by atoms with E-state index in [9.17, 15) is 4.79 Å². The first-order valence-corrected chi connectivity index (χ1v) is 7.96. The first kappa shape index (κ1) is 14.2. The van der Waals surface area contributed by atoms with Crippen LogP contribution >= 0.6 is 11.8 Å². The molecular weight excluding hydrogens is 262 g/mol. The third-order valence-electron chi connectivity index (χ3n) is 3.37. The molecule has 1 aromatic heterocycles. The van der Waals surface area contributed by atoms with Gasteiger partial charge in [-0.15, -0.1) is 0 Å². The average Bonchev–Trinajstić information content (AvgIpc) is 2.77. The molecule has 2 rings (SSSR count). The van der Waals surface area contributed by atoms with Gasteiger partial charge in [0.25, 0.3) is 0 Å². The summed E-state index contributed by atoms with van der Waals surface area (Å²) in [6.07, 6.45) is 2.80. The molecule has 1 aliphatic rings. The fraction of sp³-hybridized carbons (Fsp3) is 0.692. The Morgan fingerprint density at radius 3 is 2.74 bits per heavy atom. The Labute approximate surface area is 117 Å². The first-order chi connectivity index (χ1) is 9.19. The fourth-order valence-electron chi connectivity index (χ4n) is 2.38. The van der Waals surface area contributed by atoms with Crippen molar-refractivity contribution in [3.05, 3.63) is 11.3 Å². The zero-order chi connectivity index (χ0) is 13.8. The molecule has 2 N–H and O–H groups in total. The van der Waals surface area contributed by atoms with Crippen LogP contribution in [0, 0.1) is 0 Å². The number of nitrogens with zero attached hydrogens (tertiary/aromatic N) is 2. The molecule has 6 heteroatoms. The van der Waals surface area contributed by atoms with E-state index in [2.05, 4.69) is 5.10 Å². The van der Waals surface area contributed by atoms with E-state index in [1.807, 2.05) is 23.4 Å². The lowest BCUT2D eigenvalue weighted by molar-refractivity contribution is 0.0526. The number of hydrogen-bond acceptors (Lipinski definition) is 5. The van der Waals surface area contributed by atoms with Crippen molar-refractivity contribution >= 4 is 23.5 Å². The van der Waals surface area contributed by atoms with E-state index in [1.165, 1.54) is 0 Å². The average molecular weight is 283 g/mol. The molecule has 0 bridgehead atoms. The topological polar surface area (TPSA) is 70.1 Å². The molecular formula is C13H21N3O2S. The van der Waals surface area contributed by atoms with E-state index in [-0.39, 0.29) is 5.97 Å². The van der Waals surface area contributed by atoms with Gasteiger partial charge in [-0.1, -0.05) is 6.92 Å². The number of nitrogens with two attached hydrogens (primary N) is 1. The molecule has 1 aromatic rings. The Kier molecular flexibility index (Phi) is 4.74. The van der Waals surface area contributed by atoms with Crippen molar-refractivity contribution in [1.29, 1.82) is 0 Å². The summed E-state index contributed by atoms with van der Waals surface area (Å²) in [5.41, 5.74) is 7.34. The number of thioether (sulfide) groups is 1. The number of esters is 1. The van der Waals surface area contributed by atoms with Gasteiger partial charge in [0, 0.05) is 0 Å². The molecule has 106 valence electrons. The number of rotatable bonds is 4. The van der Waals surface area contributed by atoms with Crippen LogP contribution in [0.4, 0.5) is 5.82 Å². The Morgan fingerprint density at radius 1 is 1.47 bits per heavy atom. The Bertz CT molecular complexity index is 453. The van der Waals surface area contributed by atoms with Crippen LogP contribution in [0.25, 0.3) is 0 Å². The van der Waals surface area contributed by atoms with Gasteiger partial charge in [0.2, 0.25) is 0 Å². The van der Waals surface area contributed by atoms with Crippen molar-refractivity contribution in [3.63, 3.8) is 0 Å². The van der Waals surface area contributed by atoms with Crippen LogP contribution in [0.15, 0.2) is 0 Å². The molecule has 0 radical (unpaired) electrons. The monoisotopic (exact) mass is 283 g/mol. The minimum absolute atomic E-state index is 0.315. The predicted molar refractivity (Wildman–Crippen MR) is 77.6 cm³/mol. The first-order valence-electron chi connectivity index (χ1n) is 6.80. The number of aromatic nitrogens is 2. The van der Waals surface area contributed by atoms with E-state index < -0.39 is 0 Å². The second kappa shape index (κ2) is 6.32. The van der Waals surface area contributed by atoms with Crippen molar-refractivity contribution in [1.82, 2.24) is 9.78 Å². The van der Waals surface area contributed by atoms with E-state index in [1.54, 1.807) is 6.92 Å². The van der Waals surface area contributed by atoms with Crippen LogP contribution in [0.5, 0.6) is 0 Å². The van der Waals surface area contributed by atoms with Gasteiger partial charge in [-0.2, -0.15) is 16.9 Å². The highest BCUT2D eigenvalue weighted by atomic mass is 32.2. The molecule has 0 saturated carbocycles. The number of aryl methyl sites for hydroxylation is 1. The van der Waals surface area contributed by atoms with Crippen molar-refractivity contribution in [2.75, 3.05) is 23.8 Å². The van der Waals surface area contributed by atoms with Crippen molar-refractivity contribution in [3.8, 4) is 0 Å². The lowest BCUT2D eigenvalue weighted by Gasteiger charge is -2.22. The summed E-state index contributed by atoms with van der Waals surface area (Å²) in [6, 6.07) is 0.315. The van der Waals surface area contributed by atoms with Crippen LogP contribution in [-0.2, 0) is 11.2 Å².